The first-order valence-electron chi connectivity index (χ1n) is 10.9. The van der Waals surface area contributed by atoms with E-state index in [2.05, 4.69) is 41.7 Å². The standard InChI is InChI=1S/C29H26N2O2/c1-22-15-17-23(18-16-22)21-33-27-14-8-9-24(19-27)20-30-31-29(32)28(25-10-4-2-5-11-25)26-12-6-3-7-13-26/h2-20,28H,21H2,1H3,(H,31,32)/b30-20-. The van der Waals surface area contributed by atoms with Crippen LogP contribution in [0.3, 0.4) is 0 Å². The SMILES string of the molecule is Cc1ccc(COc2cccc(/C=N\NC(=O)C(c3ccccc3)c3ccccc3)c2)cc1. The minimum Gasteiger partial charge on any atom is -0.489 e. The van der Waals surface area contributed by atoms with Crippen molar-refractivity contribution >= 4 is 12.1 Å². The Morgan fingerprint density at radius 2 is 1.48 bits per heavy atom. The number of ether oxygens (including phenoxy) is 1. The average Bonchev–Trinajstić information content (AvgIpc) is 2.85. The van der Waals surface area contributed by atoms with Gasteiger partial charge in [0, 0.05) is 0 Å². The fraction of sp³-hybridized carbons (Fsp3) is 0.103. The predicted molar refractivity (Wildman–Crippen MR) is 132 cm³/mol. The van der Waals surface area contributed by atoms with Gasteiger partial charge < -0.3 is 4.74 Å². The zero-order valence-corrected chi connectivity index (χ0v) is 18.5. The molecule has 164 valence electrons. The molecule has 0 spiro atoms. The maximum atomic E-state index is 13.0. The summed E-state index contributed by atoms with van der Waals surface area (Å²) < 4.78 is 5.90. The number of nitrogens with zero attached hydrogens (tertiary/aromatic N) is 1. The molecule has 4 heteroatoms. The molecule has 4 nitrogen and oxygen atoms in total. The number of hydrogen-bond donors (Lipinski definition) is 1. The number of carbonyl (C=O) groups excluding carboxylic acids is 1. The van der Waals surface area contributed by atoms with Crippen LogP contribution in [0.25, 0.3) is 0 Å². The predicted octanol–water partition coefficient (Wildman–Crippen LogP) is 5.86. The molecule has 0 heterocycles. The molecule has 0 unspecified atom stereocenters. The third-order valence-electron chi connectivity index (χ3n) is 5.30. The maximum absolute atomic E-state index is 13.0. The summed E-state index contributed by atoms with van der Waals surface area (Å²) in [6.07, 6.45) is 1.63. The van der Waals surface area contributed by atoms with Crippen LogP contribution in [0.2, 0.25) is 0 Å². The number of hydrogen-bond acceptors (Lipinski definition) is 3. The molecular formula is C29H26N2O2. The smallest absolute Gasteiger partial charge is 0.252 e. The minimum absolute atomic E-state index is 0.185. The molecule has 4 rings (SSSR count). The Hall–Kier alpha value is -4.18. The van der Waals surface area contributed by atoms with E-state index in [1.165, 1.54) is 5.56 Å². The van der Waals surface area contributed by atoms with Crippen LogP contribution in [0.1, 0.15) is 33.7 Å². The summed E-state index contributed by atoms with van der Waals surface area (Å²) in [5.41, 5.74) is 7.71. The quantitative estimate of drug-likeness (QED) is 0.279. The minimum atomic E-state index is -0.436. The summed E-state index contributed by atoms with van der Waals surface area (Å²) in [6.45, 7) is 2.56. The summed E-state index contributed by atoms with van der Waals surface area (Å²) >= 11 is 0. The van der Waals surface area contributed by atoms with Crippen molar-refractivity contribution in [3.8, 4) is 5.75 Å². The zero-order valence-electron chi connectivity index (χ0n) is 18.5. The molecule has 4 aromatic rings. The first kappa shape index (κ1) is 22.0. The molecule has 0 saturated heterocycles. The van der Waals surface area contributed by atoms with E-state index in [0.29, 0.717) is 6.61 Å². The van der Waals surface area contributed by atoms with Gasteiger partial charge in [-0.25, -0.2) is 5.43 Å². The lowest BCUT2D eigenvalue weighted by atomic mass is 9.91. The van der Waals surface area contributed by atoms with Crippen LogP contribution in [0.5, 0.6) is 5.75 Å². The molecule has 1 N–H and O–H groups in total. The average molecular weight is 435 g/mol. The number of rotatable bonds is 8. The molecule has 33 heavy (non-hydrogen) atoms. The highest BCUT2D eigenvalue weighted by Crippen LogP contribution is 2.24. The summed E-state index contributed by atoms with van der Waals surface area (Å²) in [5, 5.41) is 4.20. The summed E-state index contributed by atoms with van der Waals surface area (Å²) in [5.74, 6) is 0.126. The number of aryl methyl sites for hydroxylation is 1. The van der Waals surface area contributed by atoms with Crippen molar-refractivity contribution in [1.82, 2.24) is 5.43 Å². The van der Waals surface area contributed by atoms with Gasteiger partial charge in [0.2, 0.25) is 0 Å². The molecule has 4 aromatic carbocycles. The van der Waals surface area contributed by atoms with Crippen LogP contribution in [-0.2, 0) is 11.4 Å². The lowest BCUT2D eigenvalue weighted by molar-refractivity contribution is -0.121. The second kappa shape index (κ2) is 10.9. The lowest BCUT2D eigenvalue weighted by Crippen LogP contribution is -2.26. The summed E-state index contributed by atoms with van der Waals surface area (Å²) in [7, 11) is 0. The Kier molecular flexibility index (Phi) is 7.29. The Morgan fingerprint density at radius 3 is 2.12 bits per heavy atom. The van der Waals surface area contributed by atoms with Gasteiger partial charge in [-0.3, -0.25) is 4.79 Å². The van der Waals surface area contributed by atoms with E-state index in [1.807, 2.05) is 84.9 Å². The molecule has 0 aromatic heterocycles. The monoisotopic (exact) mass is 434 g/mol. The van der Waals surface area contributed by atoms with Gasteiger partial charge in [0.1, 0.15) is 12.4 Å². The largest absolute Gasteiger partial charge is 0.489 e. The molecular weight excluding hydrogens is 408 g/mol. The molecule has 0 bridgehead atoms. The number of nitrogens with one attached hydrogen (secondary N) is 1. The van der Waals surface area contributed by atoms with E-state index < -0.39 is 5.92 Å². The number of carbonyl (C=O) groups is 1. The van der Waals surface area contributed by atoms with Crippen LogP contribution in [0.15, 0.2) is 114 Å². The van der Waals surface area contributed by atoms with Gasteiger partial charge in [0.25, 0.3) is 5.91 Å². The third-order valence-corrected chi connectivity index (χ3v) is 5.30. The van der Waals surface area contributed by atoms with Crippen LogP contribution < -0.4 is 10.2 Å². The molecule has 0 radical (unpaired) electrons. The van der Waals surface area contributed by atoms with Crippen LogP contribution in [-0.4, -0.2) is 12.1 Å². The van der Waals surface area contributed by atoms with Gasteiger partial charge in [-0.05, 0) is 41.3 Å². The van der Waals surface area contributed by atoms with Crippen molar-refractivity contribution in [2.45, 2.75) is 19.4 Å². The second-order valence-electron chi connectivity index (χ2n) is 7.84. The van der Waals surface area contributed by atoms with E-state index in [-0.39, 0.29) is 5.91 Å². The topological polar surface area (TPSA) is 50.7 Å². The first-order chi connectivity index (χ1) is 16.2. The highest BCUT2D eigenvalue weighted by atomic mass is 16.5. The Morgan fingerprint density at radius 1 is 0.848 bits per heavy atom. The molecule has 0 atom stereocenters. The van der Waals surface area contributed by atoms with Gasteiger partial charge in [0.15, 0.2) is 0 Å². The second-order valence-corrected chi connectivity index (χ2v) is 7.84. The van der Waals surface area contributed by atoms with Gasteiger partial charge in [-0.1, -0.05) is 103 Å². The van der Waals surface area contributed by atoms with Crippen LogP contribution in [0.4, 0.5) is 0 Å². The van der Waals surface area contributed by atoms with Crippen LogP contribution >= 0.6 is 0 Å². The third kappa shape index (κ3) is 6.17. The van der Waals surface area contributed by atoms with Gasteiger partial charge in [-0.15, -0.1) is 0 Å². The molecule has 0 aliphatic carbocycles. The Labute approximate surface area is 194 Å². The van der Waals surface area contributed by atoms with E-state index in [4.69, 9.17) is 4.74 Å². The van der Waals surface area contributed by atoms with E-state index >= 15 is 0 Å². The first-order valence-corrected chi connectivity index (χ1v) is 10.9. The fourth-order valence-corrected chi connectivity index (χ4v) is 3.56. The van der Waals surface area contributed by atoms with Gasteiger partial charge in [-0.2, -0.15) is 5.10 Å². The zero-order chi connectivity index (χ0) is 22.9. The number of amides is 1. The number of hydrazone groups is 1. The van der Waals surface area contributed by atoms with Gasteiger partial charge >= 0.3 is 0 Å². The van der Waals surface area contributed by atoms with Crippen molar-refractivity contribution in [3.05, 3.63) is 137 Å². The molecule has 1 amide bonds. The fourth-order valence-electron chi connectivity index (χ4n) is 3.56. The summed E-state index contributed by atoms with van der Waals surface area (Å²) in [6, 6.07) is 35.3. The van der Waals surface area contributed by atoms with E-state index in [0.717, 1.165) is 28.0 Å². The number of benzene rings is 4. The highest BCUT2D eigenvalue weighted by molar-refractivity contribution is 5.88. The normalized spacial score (nSPS) is 11.0. The molecule has 0 fully saturated rings. The van der Waals surface area contributed by atoms with Crippen LogP contribution in [0, 0.1) is 6.92 Å². The van der Waals surface area contributed by atoms with Crippen molar-refractivity contribution in [3.63, 3.8) is 0 Å². The molecule has 0 saturated carbocycles. The van der Waals surface area contributed by atoms with Crippen molar-refractivity contribution in [1.29, 1.82) is 0 Å². The Bertz CT molecular complexity index is 1160. The van der Waals surface area contributed by atoms with Crippen molar-refractivity contribution < 1.29 is 9.53 Å². The van der Waals surface area contributed by atoms with Crippen molar-refractivity contribution in [2.75, 3.05) is 0 Å². The van der Waals surface area contributed by atoms with Crippen molar-refractivity contribution in [2.24, 2.45) is 5.10 Å². The Balaban J connectivity index is 1.41. The van der Waals surface area contributed by atoms with E-state index in [1.54, 1.807) is 6.21 Å². The highest BCUT2D eigenvalue weighted by Gasteiger charge is 2.22. The summed E-state index contributed by atoms with van der Waals surface area (Å²) in [4.78, 5) is 13.0. The maximum Gasteiger partial charge on any atom is 0.252 e. The lowest BCUT2D eigenvalue weighted by Gasteiger charge is -2.16. The van der Waals surface area contributed by atoms with Gasteiger partial charge in [0.05, 0.1) is 12.1 Å². The molecule has 0 aliphatic rings. The van der Waals surface area contributed by atoms with E-state index in [9.17, 15) is 4.79 Å². The molecule has 0 aliphatic heterocycles.